The highest BCUT2D eigenvalue weighted by Gasteiger charge is 2.11. The van der Waals surface area contributed by atoms with Crippen molar-refractivity contribution in [1.82, 2.24) is 4.57 Å². The number of hydrogen-bond acceptors (Lipinski definition) is 1. The molecule has 0 amide bonds. The summed E-state index contributed by atoms with van der Waals surface area (Å²) in [6.45, 7) is 12.0. The van der Waals surface area contributed by atoms with E-state index in [1.165, 1.54) is 0 Å². The number of benzene rings is 1. The van der Waals surface area contributed by atoms with Gasteiger partial charge in [0.2, 0.25) is 0 Å². The van der Waals surface area contributed by atoms with E-state index >= 15 is 0 Å². The van der Waals surface area contributed by atoms with Crippen LogP contribution in [-0.2, 0) is 6.42 Å². The van der Waals surface area contributed by atoms with E-state index in [9.17, 15) is 4.79 Å². The van der Waals surface area contributed by atoms with Gasteiger partial charge in [-0.3, -0.25) is 9.36 Å². The topological polar surface area (TPSA) is 22.0 Å². The normalized spacial score (nSPS) is 10.1. The average Bonchev–Trinajstić information content (AvgIpc) is 2.48. The van der Waals surface area contributed by atoms with E-state index in [-0.39, 0.29) is 5.56 Å². The van der Waals surface area contributed by atoms with Gasteiger partial charge in [-0.05, 0) is 30.4 Å². The minimum atomic E-state index is -0.0678. The van der Waals surface area contributed by atoms with Gasteiger partial charge in [-0.15, -0.1) is 0 Å². The Morgan fingerprint density at radius 2 is 1.95 bits per heavy atom. The number of pyridine rings is 1. The first-order valence-electron chi connectivity index (χ1n) is 7.11. The third kappa shape index (κ3) is 2.96. The van der Waals surface area contributed by atoms with E-state index in [2.05, 4.69) is 6.58 Å². The zero-order valence-corrected chi connectivity index (χ0v) is 13.4. The van der Waals surface area contributed by atoms with Crippen molar-refractivity contribution in [2.75, 3.05) is 0 Å². The summed E-state index contributed by atoms with van der Waals surface area (Å²) in [5.74, 6) is 0. The molecule has 1 aromatic heterocycles. The van der Waals surface area contributed by atoms with E-state index in [1.54, 1.807) is 10.6 Å². The molecule has 0 radical (unpaired) electrons. The highest BCUT2D eigenvalue weighted by atomic mass is 35.5. The van der Waals surface area contributed by atoms with Crippen LogP contribution in [0.5, 0.6) is 0 Å². The summed E-state index contributed by atoms with van der Waals surface area (Å²) < 4.78 is 1.69. The molecule has 1 heterocycles. The molecule has 1 aromatic carbocycles. The Bertz CT molecular complexity index is 670. The van der Waals surface area contributed by atoms with Crippen LogP contribution in [0.15, 0.2) is 35.6 Å². The third-order valence-corrected chi connectivity index (χ3v) is 3.47. The number of aromatic nitrogens is 1. The minimum absolute atomic E-state index is 0.0678. The molecule has 108 valence electrons. The highest BCUT2D eigenvalue weighted by molar-refractivity contribution is 6.35. The summed E-state index contributed by atoms with van der Waals surface area (Å²) in [6.07, 6.45) is 1.53. The van der Waals surface area contributed by atoms with Crippen LogP contribution in [0, 0.1) is 0 Å². The quantitative estimate of drug-likeness (QED) is 0.769. The van der Waals surface area contributed by atoms with Crippen molar-refractivity contribution in [2.24, 2.45) is 0 Å². The molecular formula is C17H22ClNO. The molecule has 20 heavy (non-hydrogen) atoms. The number of fused-ring (bicyclic) bond motifs is 1. The highest BCUT2D eigenvalue weighted by Crippen LogP contribution is 2.22. The van der Waals surface area contributed by atoms with Crippen LogP contribution in [0.1, 0.15) is 39.8 Å². The van der Waals surface area contributed by atoms with E-state index < -0.39 is 0 Å². The molecule has 0 aliphatic carbocycles. The van der Waals surface area contributed by atoms with Crippen LogP contribution in [-0.4, -0.2) is 4.57 Å². The van der Waals surface area contributed by atoms with Crippen LogP contribution in [0.2, 0.25) is 5.02 Å². The van der Waals surface area contributed by atoms with Crippen molar-refractivity contribution in [2.45, 2.75) is 40.5 Å². The fourth-order valence-corrected chi connectivity index (χ4v) is 2.40. The summed E-state index contributed by atoms with van der Waals surface area (Å²) in [5.41, 5.74) is 1.71. The number of allylic oxidation sites excluding steroid dienone is 1. The molecule has 2 nitrogen and oxygen atoms in total. The Morgan fingerprint density at radius 1 is 1.30 bits per heavy atom. The lowest BCUT2D eigenvalue weighted by atomic mass is 10.1. The third-order valence-electron chi connectivity index (χ3n) is 3.16. The Balaban J connectivity index is 0.000000956. The molecular weight excluding hydrogens is 270 g/mol. The number of nitrogens with zero attached hydrogens (tertiary/aromatic N) is 1. The molecule has 0 spiro atoms. The van der Waals surface area contributed by atoms with Crippen molar-refractivity contribution < 1.29 is 0 Å². The number of hydrogen-bond donors (Lipinski definition) is 0. The van der Waals surface area contributed by atoms with Crippen LogP contribution in [0.4, 0.5) is 0 Å². The Hall–Kier alpha value is -1.54. The van der Waals surface area contributed by atoms with Crippen molar-refractivity contribution in [3.8, 4) is 0 Å². The van der Waals surface area contributed by atoms with Crippen molar-refractivity contribution >= 4 is 28.1 Å². The van der Waals surface area contributed by atoms with Gasteiger partial charge in [0.15, 0.2) is 0 Å². The zero-order valence-electron chi connectivity index (χ0n) is 12.7. The molecule has 0 unspecified atom stereocenters. The van der Waals surface area contributed by atoms with Crippen LogP contribution in [0.25, 0.3) is 16.5 Å². The average molecular weight is 292 g/mol. The van der Waals surface area contributed by atoms with Gasteiger partial charge in [-0.1, -0.05) is 58.0 Å². The summed E-state index contributed by atoms with van der Waals surface area (Å²) in [5, 5.41) is 1.97. The molecule has 0 N–H and O–H groups in total. The molecule has 0 bridgehead atoms. The number of rotatable bonds is 3. The minimum Gasteiger partial charge on any atom is -0.285 e. The SMILES string of the molecule is C=C(CC)n1c(CC)cc2cccc(Cl)c2c1=O.CC. The predicted octanol–water partition coefficient (Wildman–Crippen LogP) is 5.12. The van der Waals surface area contributed by atoms with Gasteiger partial charge < -0.3 is 0 Å². The Kier molecular flexibility index (Phi) is 6.03. The van der Waals surface area contributed by atoms with Crippen LogP contribution >= 0.6 is 11.6 Å². The Labute approximate surface area is 125 Å². The molecule has 0 saturated heterocycles. The molecule has 0 fully saturated rings. The molecule has 2 rings (SSSR count). The lowest BCUT2D eigenvalue weighted by Gasteiger charge is -2.15. The van der Waals surface area contributed by atoms with Crippen LogP contribution in [0.3, 0.4) is 0 Å². The smallest absolute Gasteiger partial charge is 0.264 e. The van der Waals surface area contributed by atoms with Crippen molar-refractivity contribution in [3.63, 3.8) is 0 Å². The number of aryl methyl sites for hydroxylation is 1. The van der Waals surface area contributed by atoms with Gasteiger partial charge >= 0.3 is 0 Å². The van der Waals surface area contributed by atoms with Gasteiger partial charge in [-0.2, -0.15) is 0 Å². The maximum atomic E-state index is 12.5. The van der Waals surface area contributed by atoms with Gasteiger partial charge in [0.1, 0.15) is 0 Å². The second-order valence-corrected chi connectivity index (χ2v) is 4.66. The second kappa shape index (κ2) is 7.30. The maximum Gasteiger partial charge on any atom is 0.264 e. The summed E-state index contributed by atoms with van der Waals surface area (Å²) in [4.78, 5) is 12.5. The predicted molar refractivity (Wildman–Crippen MR) is 89.6 cm³/mol. The second-order valence-electron chi connectivity index (χ2n) is 4.25. The molecule has 0 saturated carbocycles. The molecule has 0 aliphatic rings. The summed E-state index contributed by atoms with van der Waals surface area (Å²) in [6, 6.07) is 7.54. The zero-order chi connectivity index (χ0) is 15.3. The van der Waals surface area contributed by atoms with Gasteiger partial charge in [0, 0.05) is 11.4 Å². The standard InChI is InChI=1S/C15H16ClNO.C2H6/c1-4-10(3)17-12(5-2)9-11-7-6-8-13(16)14(11)15(17)18;1-2/h6-9H,3-5H2,1-2H3;1-2H3. The van der Waals surface area contributed by atoms with Gasteiger partial charge in [-0.25, -0.2) is 0 Å². The molecule has 2 aromatic rings. The van der Waals surface area contributed by atoms with E-state index in [0.29, 0.717) is 10.4 Å². The summed E-state index contributed by atoms with van der Waals surface area (Å²) >= 11 is 6.13. The number of halogens is 1. The van der Waals surface area contributed by atoms with Crippen LogP contribution < -0.4 is 5.56 Å². The fourth-order valence-electron chi connectivity index (χ4n) is 2.14. The lowest BCUT2D eigenvalue weighted by molar-refractivity contribution is 0.878. The Morgan fingerprint density at radius 3 is 2.50 bits per heavy atom. The van der Waals surface area contributed by atoms with E-state index in [1.807, 2.05) is 45.9 Å². The van der Waals surface area contributed by atoms with E-state index in [4.69, 9.17) is 11.6 Å². The summed E-state index contributed by atoms with van der Waals surface area (Å²) in [7, 11) is 0. The van der Waals surface area contributed by atoms with E-state index in [0.717, 1.165) is 29.6 Å². The first-order chi connectivity index (χ1) is 9.60. The van der Waals surface area contributed by atoms with Crippen molar-refractivity contribution in [1.29, 1.82) is 0 Å². The van der Waals surface area contributed by atoms with Gasteiger partial charge in [0.05, 0.1) is 10.4 Å². The lowest BCUT2D eigenvalue weighted by Crippen LogP contribution is -2.22. The fraction of sp³-hybridized carbons (Fsp3) is 0.353. The molecule has 0 atom stereocenters. The monoisotopic (exact) mass is 291 g/mol. The van der Waals surface area contributed by atoms with Gasteiger partial charge in [0.25, 0.3) is 5.56 Å². The molecule has 0 aliphatic heterocycles. The first kappa shape index (κ1) is 16.5. The van der Waals surface area contributed by atoms with Crippen molar-refractivity contribution in [3.05, 3.63) is 51.9 Å². The molecule has 3 heteroatoms. The first-order valence-corrected chi connectivity index (χ1v) is 7.49. The maximum absolute atomic E-state index is 12.5. The largest absolute Gasteiger partial charge is 0.285 e.